The molecule has 0 atom stereocenters. The SMILES string of the molecule is NC1(CC(=O)N2CCN(CC(F)(F)F)CC2)CCCCC1. The van der Waals surface area contributed by atoms with Gasteiger partial charge in [-0.05, 0) is 12.8 Å². The first-order chi connectivity index (χ1) is 9.77. The summed E-state index contributed by atoms with van der Waals surface area (Å²) in [6, 6.07) is 0. The molecule has 21 heavy (non-hydrogen) atoms. The number of rotatable bonds is 3. The molecule has 4 nitrogen and oxygen atoms in total. The van der Waals surface area contributed by atoms with Crippen molar-refractivity contribution < 1.29 is 18.0 Å². The van der Waals surface area contributed by atoms with Crippen molar-refractivity contribution in [2.75, 3.05) is 32.7 Å². The summed E-state index contributed by atoms with van der Waals surface area (Å²) in [7, 11) is 0. The third-order valence-corrected chi connectivity index (χ3v) is 4.48. The Morgan fingerprint density at radius 1 is 1.05 bits per heavy atom. The average Bonchev–Trinajstić information content (AvgIpc) is 2.38. The van der Waals surface area contributed by atoms with E-state index >= 15 is 0 Å². The molecule has 2 fully saturated rings. The zero-order valence-electron chi connectivity index (χ0n) is 12.3. The van der Waals surface area contributed by atoms with E-state index in [1.807, 2.05) is 0 Å². The van der Waals surface area contributed by atoms with Crippen LogP contribution in [0, 0.1) is 0 Å². The number of carbonyl (C=O) groups excluding carboxylic acids is 1. The molecule has 7 heteroatoms. The summed E-state index contributed by atoms with van der Waals surface area (Å²) in [5, 5.41) is 0. The Morgan fingerprint density at radius 2 is 1.62 bits per heavy atom. The first-order valence-corrected chi connectivity index (χ1v) is 7.63. The Bertz CT molecular complexity index is 359. The molecule has 0 spiro atoms. The number of carbonyl (C=O) groups is 1. The van der Waals surface area contributed by atoms with Crippen molar-refractivity contribution in [3.8, 4) is 0 Å². The Morgan fingerprint density at radius 3 is 2.14 bits per heavy atom. The predicted molar refractivity (Wildman–Crippen MR) is 73.7 cm³/mol. The van der Waals surface area contributed by atoms with Gasteiger partial charge in [0.1, 0.15) is 0 Å². The average molecular weight is 307 g/mol. The standard InChI is InChI=1S/C14H24F3N3O/c15-14(16,17)11-19-6-8-20(9-7-19)12(21)10-13(18)4-2-1-3-5-13/h1-11,18H2. The van der Waals surface area contributed by atoms with Crippen LogP contribution < -0.4 is 5.73 Å². The van der Waals surface area contributed by atoms with E-state index in [1.165, 1.54) is 11.3 Å². The van der Waals surface area contributed by atoms with Gasteiger partial charge in [0.05, 0.1) is 6.54 Å². The van der Waals surface area contributed by atoms with Gasteiger partial charge >= 0.3 is 6.18 Å². The molecule has 1 aliphatic heterocycles. The molecule has 0 aromatic carbocycles. The van der Waals surface area contributed by atoms with Crippen LogP contribution in [0.5, 0.6) is 0 Å². The summed E-state index contributed by atoms with van der Waals surface area (Å²) in [5.74, 6) is -0.00828. The Labute approximate surface area is 123 Å². The molecule has 1 amide bonds. The van der Waals surface area contributed by atoms with Gasteiger partial charge in [-0.15, -0.1) is 0 Å². The van der Waals surface area contributed by atoms with E-state index < -0.39 is 18.3 Å². The Balaban J connectivity index is 1.77. The molecule has 0 unspecified atom stereocenters. The lowest BCUT2D eigenvalue weighted by Crippen LogP contribution is -2.53. The van der Waals surface area contributed by atoms with Gasteiger partial charge in [-0.25, -0.2) is 0 Å². The van der Waals surface area contributed by atoms with E-state index in [4.69, 9.17) is 5.73 Å². The smallest absolute Gasteiger partial charge is 0.340 e. The van der Waals surface area contributed by atoms with Crippen molar-refractivity contribution in [2.24, 2.45) is 5.73 Å². The summed E-state index contributed by atoms with van der Waals surface area (Å²) >= 11 is 0. The highest BCUT2D eigenvalue weighted by molar-refractivity contribution is 5.77. The van der Waals surface area contributed by atoms with Crippen molar-refractivity contribution in [2.45, 2.75) is 50.2 Å². The summed E-state index contributed by atoms with van der Waals surface area (Å²) in [6.45, 7) is 0.400. The monoisotopic (exact) mass is 307 g/mol. The van der Waals surface area contributed by atoms with Crippen LogP contribution in [0.25, 0.3) is 0 Å². The van der Waals surface area contributed by atoms with Gasteiger partial charge in [0.25, 0.3) is 0 Å². The zero-order valence-corrected chi connectivity index (χ0v) is 12.3. The lowest BCUT2D eigenvalue weighted by atomic mass is 9.80. The molecule has 0 aromatic heterocycles. The first kappa shape index (κ1) is 16.5. The molecule has 0 radical (unpaired) electrons. The summed E-state index contributed by atoms with van der Waals surface area (Å²) in [6.07, 6.45) is 1.18. The number of nitrogens with two attached hydrogens (primary N) is 1. The quantitative estimate of drug-likeness (QED) is 0.864. The van der Waals surface area contributed by atoms with Gasteiger partial charge in [0.15, 0.2) is 0 Å². The fourth-order valence-corrected chi connectivity index (χ4v) is 3.25. The van der Waals surface area contributed by atoms with Crippen LogP contribution in [0.4, 0.5) is 13.2 Å². The van der Waals surface area contributed by atoms with Crippen molar-refractivity contribution in [1.29, 1.82) is 0 Å². The normalized spacial score (nSPS) is 24.1. The molecular weight excluding hydrogens is 283 g/mol. The van der Waals surface area contributed by atoms with E-state index in [1.54, 1.807) is 4.90 Å². The molecule has 1 saturated carbocycles. The van der Waals surface area contributed by atoms with Crippen LogP contribution in [0.3, 0.4) is 0 Å². The second-order valence-electron chi connectivity index (χ2n) is 6.37. The predicted octanol–water partition coefficient (Wildman–Crippen LogP) is 1.74. The maximum Gasteiger partial charge on any atom is 0.401 e. The van der Waals surface area contributed by atoms with Crippen LogP contribution in [0.2, 0.25) is 0 Å². The Hall–Kier alpha value is -0.820. The molecule has 1 heterocycles. The molecule has 1 saturated heterocycles. The number of piperazine rings is 1. The van der Waals surface area contributed by atoms with Crippen molar-refractivity contribution in [1.82, 2.24) is 9.80 Å². The second kappa shape index (κ2) is 6.52. The lowest BCUT2D eigenvalue weighted by Gasteiger charge is -2.38. The van der Waals surface area contributed by atoms with E-state index in [9.17, 15) is 18.0 Å². The van der Waals surface area contributed by atoms with Crippen LogP contribution in [0.1, 0.15) is 38.5 Å². The molecule has 122 valence electrons. The minimum absolute atomic E-state index is 0.00828. The van der Waals surface area contributed by atoms with Gasteiger partial charge in [-0.3, -0.25) is 9.69 Å². The fraction of sp³-hybridized carbons (Fsp3) is 0.929. The maximum absolute atomic E-state index is 12.3. The van der Waals surface area contributed by atoms with Gasteiger partial charge in [-0.1, -0.05) is 19.3 Å². The first-order valence-electron chi connectivity index (χ1n) is 7.63. The maximum atomic E-state index is 12.3. The third kappa shape index (κ3) is 5.14. The molecule has 1 aliphatic carbocycles. The molecule has 2 aliphatic rings. The number of hydrogen-bond acceptors (Lipinski definition) is 3. The Kier molecular flexibility index (Phi) is 5.14. The van der Waals surface area contributed by atoms with Gasteiger partial charge in [0, 0.05) is 38.1 Å². The molecule has 0 aromatic rings. The summed E-state index contributed by atoms with van der Waals surface area (Å²) < 4.78 is 36.9. The fourth-order valence-electron chi connectivity index (χ4n) is 3.25. The summed E-state index contributed by atoms with van der Waals surface area (Å²) in [4.78, 5) is 15.3. The van der Waals surface area contributed by atoms with E-state index in [0.29, 0.717) is 19.5 Å². The highest BCUT2D eigenvalue weighted by atomic mass is 19.4. The molecular formula is C14H24F3N3O. The highest BCUT2D eigenvalue weighted by Gasteiger charge is 2.35. The van der Waals surface area contributed by atoms with Crippen molar-refractivity contribution >= 4 is 5.91 Å². The molecule has 2 rings (SSSR count). The van der Waals surface area contributed by atoms with Gasteiger partial charge in [-0.2, -0.15) is 13.2 Å². The van der Waals surface area contributed by atoms with Crippen LogP contribution in [-0.2, 0) is 4.79 Å². The number of alkyl halides is 3. The van der Waals surface area contributed by atoms with Crippen molar-refractivity contribution in [3.63, 3.8) is 0 Å². The number of amides is 1. The largest absolute Gasteiger partial charge is 0.401 e. The van der Waals surface area contributed by atoms with Crippen LogP contribution in [0.15, 0.2) is 0 Å². The lowest BCUT2D eigenvalue weighted by molar-refractivity contribution is -0.152. The second-order valence-corrected chi connectivity index (χ2v) is 6.37. The third-order valence-electron chi connectivity index (χ3n) is 4.48. The highest BCUT2D eigenvalue weighted by Crippen LogP contribution is 2.29. The minimum Gasteiger partial charge on any atom is -0.340 e. The number of nitrogens with zero attached hydrogens (tertiary/aromatic N) is 2. The number of halogens is 3. The van der Waals surface area contributed by atoms with Gasteiger partial charge < -0.3 is 10.6 Å². The van der Waals surface area contributed by atoms with E-state index in [2.05, 4.69) is 0 Å². The van der Waals surface area contributed by atoms with Crippen LogP contribution in [-0.4, -0.2) is 60.1 Å². The topological polar surface area (TPSA) is 49.6 Å². The van der Waals surface area contributed by atoms with E-state index in [0.717, 1.165) is 25.7 Å². The molecule has 2 N–H and O–H groups in total. The number of hydrogen-bond donors (Lipinski definition) is 1. The molecule has 0 bridgehead atoms. The van der Waals surface area contributed by atoms with E-state index in [-0.39, 0.29) is 19.0 Å². The summed E-state index contributed by atoms with van der Waals surface area (Å²) in [5.41, 5.74) is 5.87. The minimum atomic E-state index is -4.17. The van der Waals surface area contributed by atoms with Gasteiger partial charge in [0.2, 0.25) is 5.91 Å². The zero-order chi connectivity index (χ0) is 15.5. The van der Waals surface area contributed by atoms with Crippen molar-refractivity contribution in [3.05, 3.63) is 0 Å². The van der Waals surface area contributed by atoms with Crippen LogP contribution >= 0.6 is 0 Å².